The van der Waals surface area contributed by atoms with Crippen molar-refractivity contribution in [3.05, 3.63) is 103 Å². The third-order valence-corrected chi connectivity index (χ3v) is 4.75. The summed E-state index contributed by atoms with van der Waals surface area (Å²) in [5.41, 5.74) is 2.74. The number of nitrogens with one attached hydrogen (secondary N) is 1. The number of nitrogens with zero attached hydrogens (tertiary/aromatic N) is 2. The number of H-pyrrole nitrogens is 1. The minimum Gasteiger partial charge on any atom is -0.464 e. The average Bonchev–Trinajstić information content (AvgIpc) is 3.30. The summed E-state index contributed by atoms with van der Waals surface area (Å²) in [5, 5.41) is 0. The van der Waals surface area contributed by atoms with Gasteiger partial charge in [0, 0.05) is 31.3 Å². The van der Waals surface area contributed by atoms with Crippen LogP contribution in [0.2, 0.25) is 0 Å². The second-order valence-electron chi connectivity index (χ2n) is 6.86. The van der Waals surface area contributed by atoms with Crippen LogP contribution in [0.25, 0.3) is 0 Å². The summed E-state index contributed by atoms with van der Waals surface area (Å²) in [4.78, 5) is 34.2. The molecule has 2 aromatic carbocycles. The predicted molar refractivity (Wildman–Crippen MR) is 114 cm³/mol. The number of rotatable bonds is 10. The van der Waals surface area contributed by atoms with Crippen molar-refractivity contribution in [1.29, 1.82) is 0 Å². The number of carbonyl (C=O) groups excluding carboxylic acids is 2. The largest absolute Gasteiger partial charge is 0.464 e. The van der Waals surface area contributed by atoms with E-state index in [4.69, 9.17) is 4.74 Å². The van der Waals surface area contributed by atoms with Crippen LogP contribution in [0.5, 0.6) is 0 Å². The Labute approximate surface area is 176 Å². The van der Waals surface area contributed by atoms with E-state index in [0.29, 0.717) is 6.42 Å². The molecule has 1 heterocycles. The number of aromatic amines is 1. The van der Waals surface area contributed by atoms with Gasteiger partial charge in [0.15, 0.2) is 0 Å². The summed E-state index contributed by atoms with van der Waals surface area (Å²) in [6.07, 6.45) is 5.29. The highest BCUT2D eigenvalue weighted by atomic mass is 16.5. The molecular weight excluding hydrogens is 378 g/mol. The van der Waals surface area contributed by atoms with Crippen LogP contribution >= 0.6 is 0 Å². The highest BCUT2D eigenvalue weighted by Crippen LogP contribution is 2.15. The zero-order valence-corrected chi connectivity index (χ0v) is 16.7. The zero-order chi connectivity index (χ0) is 21.2. The first-order valence-electron chi connectivity index (χ1n) is 9.82. The van der Waals surface area contributed by atoms with Gasteiger partial charge in [-0.25, -0.2) is 9.78 Å². The summed E-state index contributed by atoms with van der Waals surface area (Å²) in [6, 6.07) is 18.5. The van der Waals surface area contributed by atoms with Crippen LogP contribution in [-0.4, -0.2) is 39.4 Å². The molecule has 0 aliphatic rings. The van der Waals surface area contributed by atoms with Crippen LogP contribution in [0.3, 0.4) is 0 Å². The molecule has 0 aliphatic carbocycles. The van der Waals surface area contributed by atoms with E-state index in [1.54, 1.807) is 12.5 Å². The van der Waals surface area contributed by atoms with Crippen molar-refractivity contribution in [3.8, 4) is 0 Å². The molecule has 0 saturated heterocycles. The molecule has 0 saturated carbocycles. The lowest BCUT2D eigenvalue weighted by Crippen LogP contribution is -2.46. The molecule has 154 valence electrons. The van der Waals surface area contributed by atoms with Crippen LogP contribution in [0.4, 0.5) is 0 Å². The third-order valence-electron chi connectivity index (χ3n) is 4.75. The van der Waals surface area contributed by atoms with E-state index in [1.807, 2.05) is 60.7 Å². The van der Waals surface area contributed by atoms with Gasteiger partial charge < -0.3 is 14.6 Å². The molecule has 6 nitrogen and oxygen atoms in total. The van der Waals surface area contributed by atoms with Gasteiger partial charge in [0.25, 0.3) is 0 Å². The molecule has 1 atom stereocenters. The molecule has 0 bridgehead atoms. The maximum atomic E-state index is 13.0. The Morgan fingerprint density at radius 1 is 1.07 bits per heavy atom. The van der Waals surface area contributed by atoms with Crippen LogP contribution in [-0.2, 0) is 33.7 Å². The first kappa shape index (κ1) is 21.0. The van der Waals surface area contributed by atoms with Crippen LogP contribution < -0.4 is 0 Å². The monoisotopic (exact) mass is 403 g/mol. The third kappa shape index (κ3) is 5.91. The van der Waals surface area contributed by atoms with Gasteiger partial charge in [0.1, 0.15) is 6.04 Å². The number of amides is 1. The second-order valence-corrected chi connectivity index (χ2v) is 6.86. The molecule has 3 aromatic rings. The fraction of sp³-hybridized carbons (Fsp3) is 0.208. The SMILES string of the molecule is C=CC(=O)N(Cc1ccccc1)[C@@H](Cc1cnc[nH]1)C(=O)OCCc1ccccc1. The van der Waals surface area contributed by atoms with Crippen LogP contribution in [0.15, 0.2) is 85.8 Å². The normalized spacial score (nSPS) is 11.5. The van der Waals surface area contributed by atoms with Gasteiger partial charge in [-0.2, -0.15) is 0 Å². The quantitative estimate of drug-likeness (QED) is 0.416. The highest BCUT2D eigenvalue weighted by molar-refractivity contribution is 5.91. The van der Waals surface area contributed by atoms with Crippen molar-refractivity contribution in [2.45, 2.75) is 25.4 Å². The van der Waals surface area contributed by atoms with E-state index < -0.39 is 12.0 Å². The van der Waals surface area contributed by atoms with E-state index in [2.05, 4.69) is 16.5 Å². The molecule has 0 unspecified atom stereocenters. The minimum absolute atomic E-state index is 0.240. The van der Waals surface area contributed by atoms with Crippen molar-refractivity contribution in [3.63, 3.8) is 0 Å². The Bertz CT molecular complexity index is 940. The van der Waals surface area contributed by atoms with Crippen molar-refractivity contribution in [2.24, 2.45) is 0 Å². The lowest BCUT2D eigenvalue weighted by molar-refractivity contribution is -0.154. The Morgan fingerprint density at radius 3 is 2.33 bits per heavy atom. The number of benzene rings is 2. The molecule has 3 rings (SSSR count). The molecule has 0 radical (unpaired) electrons. The summed E-state index contributed by atoms with van der Waals surface area (Å²) >= 11 is 0. The van der Waals surface area contributed by atoms with Gasteiger partial charge in [-0.05, 0) is 17.2 Å². The number of hydrogen-bond donors (Lipinski definition) is 1. The van der Waals surface area contributed by atoms with E-state index >= 15 is 0 Å². The summed E-state index contributed by atoms with van der Waals surface area (Å²) in [6.45, 7) is 4.12. The maximum Gasteiger partial charge on any atom is 0.329 e. The van der Waals surface area contributed by atoms with Gasteiger partial charge in [-0.1, -0.05) is 67.2 Å². The number of aromatic nitrogens is 2. The van der Waals surface area contributed by atoms with Gasteiger partial charge in [-0.3, -0.25) is 4.79 Å². The fourth-order valence-electron chi connectivity index (χ4n) is 3.17. The van der Waals surface area contributed by atoms with E-state index in [0.717, 1.165) is 16.8 Å². The number of hydrogen-bond acceptors (Lipinski definition) is 4. The number of carbonyl (C=O) groups is 2. The zero-order valence-electron chi connectivity index (χ0n) is 16.7. The summed E-state index contributed by atoms with van der Waals surface area (Å²) < 4.78 is 5.57. The van der Waals surface area contributed by atoms with Crippen molar-refractivity contribution < 1.29 is 14.3 Å². The molecule has 6 heteroatoms. The fourth-order valence-corrected chi connectivity index (χ4v) is 3.17. The Hall–Kier alpha value is -3.67. The molecule has 0 aliphatic heterocycles. The minimum atomic E-state index is -0.799. The number of ether oxygens (including phenoxy) is 1. The Kier molecular flexibility index (Phi) is 7.55. The first-order chi connectivity index (χ1) is 14.7. The molecular formula is C24H25N3O3. The topological polar surface area (TPSA) is 75.3 Å². The molecule has 30 heavy (non-hydrogen) atoms. The maximum absolute atomic E-state index is 13.0. The lowest BCUT2D eigenvalue weighted by Gasteiger charge is -2.29. The second kappa shape index (κ2) is 10.8. The van der Waals surface area contributed by atoms with Crippen LogP contribution in [0, 0.1) is 0 Å². The van der Waals surface area contributed by atoms with Crippen LogP contribution in [0.1, 0.15) is 16.8 Å². The van der Waals surface area contributed by atoms with Gasteiger partial charge >= 0.3 is 5.97 Å². The summed E-state index contributed by atoms with van der Waals surface area (Å²) in [7, 11) is 0. The highest BCUT2D eigenvalue weighted by Gasteiger charge is 2.31. The van der Waals surface area contributed by atoms with E-state index in [-0.39, 0.29) is 25.5 Å². The summed E-state index contributed by atoms with van der Waals surface area (Å²) in [5.74, 6) is -0.782. The average molecular weight is 403 g/mol. The number of esters is 1. The van der Waals surface area contributed by atoms with E-state index in [1.165, 1.54) is 11.0 Å². The van der Waals surface area contributed by atoms with E-state index in [9.17, 15) is 9.59 Å². The van der Waals surface area contributed by atoms with Crippen molar-refractivity contribution in [2.75, 3.05) is 6.61 Å². The molecule has 1 aromatic heterocycles. The lowest BCUT2D eigenvalue weighted by atomic mass is 10.1. The van der Waals surface area contributed by atoms with Gasteiger partial charge in [0.2, 0.25) is 5.91 Å². The predicted octanol–water partition coefficient (Wildman–Crippen LogP) is 3.32. The molecule has 0 spiro atoms. The Balaban J connectivity index is 1.76. The smallest absolute Gasteiger partial charge is 0.329 e. The van der Waals surface area contributed by atoms with Crippen molar-refractivity contribution in [1.82, 2.24) is 14.9 Å². The number of imidazole rings is 1. The van der Waals surface area contributed by atoms with Gasteiger partial charge in [-0.15, -0.1) is 0 Å². The Morgan fingerprint density at radius 2 is 1.73 bits per heavy atom. The van der Waals surface area contributed by atoms with Gasteiger partial charge in [0.05, 0.1) is 12.9 Å². The first-order valence-corrected chi connectivity index (χ1v) is 9.82. The molecule has 0 fully saturated rings. The molecule has 1 N–H and O–H groups in total. The molecule has 1 amide bonds. The standard InChI is InChI=1S/C24H25N3O3/c1-2-23(28)27(17-20-11-7-4-8-12-20)22(15-21-16-25-18-26-21)24(29)30-14-13-19-9-5-3-6-10-19/h2-12,16,18,22H,1,13-15,17H2,(H,25,26)/t22-/m0/s1. The van der Waals surface area contributed by atoms with Crippen molar-refractivity contribution >= 4 is 11.9 Å².